The van der Waals surface area contributed by atoms with E-state index in [0.717, 1.165) is 5.56 Å². The average Bonchev–Trinajstić information content (AvgIpc) is 2.93. The van der Waals surface area contributed by atoms with Gasteiger partial charge in [-0.2, -0.15) is 0 Å². The lowest BCUT2D eigenvalue weighted by Gasteiger charge is -2.29. The smallest absolute Gasteiger partial charge is 0.407 e. The van der Waals surface area contributed by atoms with Gasteiger partial charge in [0.25, 0.3) is 0 Å². The van der Waals surface area contributed by atoms with E-state index < -0.39 is 12.2 Å². The first-order valence-electron chi connectivity index (χ1n) is 9.43. The molecule has 8 nitrogen and oxygen atoms in total. The van der Waals surface area contributed by atoms with Crippen LogP contribution in [-0.2, 0) is 19.0 Å². The molecule has 0 radical (unpaired) electrons. The summed E-state index contributed by atoms with van der Waals surface area (Å²) in [6, 6.07) is 5.21. The van der Waals surface area contributed by atoms with Crippen molar-refractivity contribution in [3.05, 3.63) is 33.8 Å². The molecule has 160 valence electrons. The fourth-order valence-electron chi connectivity index (χ4n) is 3.47. The first-order chi connectivity index (χ1) is 14.0. The van der Waals surface area contributed by atoms with Gasteiger partial charge in [0.1, 0.15) is 6.61 Å². The van der Waals surface area contributed by atoms with E-state index in [2.05, 4.69) is 0 Å². The number of rotatable bonds is 5. The fraction of sp³-hybridized carbons (Fsp3) is 0.579. The highest BCUT2D eigenvalue weighted by Gasteiger charge is 2.32. The Bertz CT molecular complexity index is 729. The van der Waals surface area contributed by atoms with Crippen molar-refractivity contribution in [1.82, 2.24) is 9.80 Å². The Labute approximate surface area is 179 Å². The van der Waals surface area contributed by atoms with Gasteiger partial charge >= 0.3 is 6.09 Å². The van der Waals surface area contributed by atoms with Crippen LogP contribution in [0.15, 0.2) is 18.2 Å². The van der Waals surface area contributed by atoms with Crippen molar-refractivity contribution in [2.24, 2.45) is 5.92 Å². The Hall–Kier alpha value is -1.58. The number of nitrogens with zero attached hydrogens (tertiary/aromatic N) is 2. The second-order valence-corrected chi connectivity index (χ2v) is 7.78. The number of hydrogen-bond acceptors (Lipinski definition) is 5. The molecule has 0 aromatic heterocycles. The van der Waals surface area contributed by atoms with Crippen LogP contribution in [0.4, 0.5) is 4.79 Å². The Morgan fingerprint density at radius 2 is 1.83 bits per heavy atom. The molecule has 0 bridgehead atoms. The molecule has 1 aromatic rings. The monoisotopic (exact) mass is 446 g/mol. The molecule has 2 saturated heterocycles. The van der Waals surface area contributed by atoms with Gasteiger partial charge in [-0.1, -0.05) is 29.3 Å². The van der Waals surface area contributed by atoms with Gasteiger partial charge in [-0.3, -0.25) is 4.79 Å². The molecule has 3 rings (SSSR count). The number of ether oxygens (including phenoxy) is 3. The van der Waals surface area contributed by atoms with E-state index in [1.165, 1.54) is 4.90 Å². The van der Waals surface area contributed by atoms with E-state index in [4.69, 9.17) is 37.4 Å². The van der Waals surface area contributed by atoms with Crippen LogP contribution >= 0.6 is 23.2 Å². The normalized spacial score (nSPS) is 23.0. The summed E-state index contributed by atoms with van der Waals surface area (Å²) in [5, 5.41) is 10.2. The maximum atomic E-state index is 12.3. The second kappa shape index (κ2) is 10.4. The van der Waals surface area contributed by atoms with E-state index in [1.807, 2.05) is 0 Å². The molecule has 2 amide bonds. The average molecular weight is 447 g/mol. The summed E-state index contributed by atoms with van der Waals surface area (Å²) in [6.45, 7) is 2.98. The van der Waals surface area contributed by atoms with Gasteiger partial charge in [0.05, 0.1) is 42.6 Å². The van der Waals surface area contributed by atoms with Crippen LogP contribution in [0.2, 0.25) is 10.0 Å². The van der Waals surface area contributed by atoms with Gasteiger partial charge in [-0.15, -0.1) is 0 Å². The maximum absolute atomic E-state index is 12.3. The summed E-state index contributed by atoms with van der Waals surface area (Å²) >= 11 is 12.2. The summed E-state index contributed by atoms with van der Waals surface area (Å²) in [5.74, 6) is -0.410. The number of carboxylic acid groups (broad SMARTS) is 1. The van der Waals surface area contributed by atoms with Crippen molar-refractivity contribution in [2.75, 3.05) is 59.2 Å². The number of halogens is 2. The maximum Gasteiger partial charge on any atom is 0.407 e. The molecule has 0 aliphatic carbocycles. The van der Waals surface area contributed by atoms with Crippen molar-refractivity contribution in [2.45, 2.75) is 6.10 Å². The first kappa shape index (κ1) is 22.1. The largest absolute Gasteiger partial charge is 0.465 e. The molecule has 2 atom stereocenters. The lowest BCUT2D eigenvalue weighted by Crippen LogP contribution is -2.43. The highest BCUT2D eigenvalue weighted by atomic mass is 35.5. The van der Waals surface area contributed by atoms with Gasteiger partial charge < -0.3 is 29.1 Å². The van der Waals surface area contributed by atoms with Crippen LogP contribution in [0.25, 0.3) is 0 Å². The van der Waals surface area contributed by atoms with Gasteiger partial charge in [0.2, 0.25) is 5.91 Å². The number of carbonyl (C=O) groups is 2. The summed E-state index contributed by atoms with van der Waals surface area (Å²) in [6.07, 6.45) is -1.44. The van der Waals surface area contributed by atoms with Crippen molar-refractivity contribution in [3.8, 4) is 0 Å². The fourth-order valence-corrected chi connectivity index (χ4v) is 3.78. The van der Waals surface area contributed by atoms with Gasteiger partial charge in [-0.05, 0) is 17.7 Å². The van der Waals surface area contributed by atoms with Gasteiger partial charge in [-0.25, -0.2) is 4.79 Å². The van der Waals surface area contributed by atoms with E-state index in [1.54, 1.807) is 23.1 Å². The van der Waals surface area contributed by atoms with Crippen LogP contribution in [0, 0.1) is 5.92 Å². The summed E-state index contributed by atoms with van der Waals surface area (Å²) in [7, 11) is 0. The molecule has 1 N–H and O–H groups in total. The Kier molecular flexibility index (Phi) is 7.97. The Morgan fingerprint density at radius 3 is 2.52 bits per heavy atom. The highest BCUT2D eigenvalue weighted by molar-refractivity contribution is 6.42. The lowest BCUT2D eigenvalue weighted by atomic mass is 9.96. The zero-order chi connectivity index (χ0) is 20.8. The summed E-state index contributed by atoms with van der Waals surface area (Å²) in [4.78, 5) is 26.8. The number of carbonyl (C=O) groups excluding carboxylic acids is 1. The third-order valence-electron chi connectivity index (χ3n) is 5.01. The van der Waals surface area contributed by atoms with Crippen LogP contribution in [0.1, 0.15) is 11.7 Å². The van der Waals surface area contributed by atoms with Crippen molar-refractivity contribution in [1.29, 1.82) is 0 Å². The minimum atomic E-state index is -1.02. The van der Waals surface area contributed by atoms with Crippen molar-refractivity contribution in [3.63, 3.8) is 0 Å². The number of amides is 2. The highest BCUT2D eigenvalue weighted by Crippen LogP contribution is 2.33. The molecule has 29 heavy (non-hydrogen) atoms. The topological polar surface area (TPSA) is 88.5 Å². The minimum absolute atomic E-state index is 0.0718. The lowest BCUT2D eigenvalue weighted by molar-refractivity contribution is -0.141. The third kappa shape index (κ3) is 5.96. The molecule has 2 aliphatic rings. The van der Waals surface area contributed by atoms with E-state index in [0.29, 0.717) is 36.3 Å². The van der Waals surface area contributed by atoms with Gasteiger partial charge in [0.15, 0.2) is 0 Å². The molecular weight excluding hydrogens is 423 g/mol. The summed E-state index contributed by atoms with van der Waals surface area (Å²) < 4.78 is 16.9. The SMILES string of the molecule is O=C(O)N1CCO[C@@H](c2ccc(Cl)c(Cl)c2)[C@@H](COCC(=O)N2CCOCC2)C1. The second-order valence-electron chi connectivity index (χ2n) is 6.96. The van der Waals surface area contributed by atoms with Crippen molar-refractivity contribution >= 4 is 35.2 Å². The van der Waals surface area contributed by atoms with Crippen LogP contribution in [0.3, 0.4) is 0 Å². The van der Waals surface area contributed by atoms with Crippen LogP contribution in [-0.4, -0.2) is 86.1 Å². The third-order valence-corrected chi connectivity index (χ3v) is 5.74. The number of morpholine rings is 1. The predicted molar refractivity (Wildman–Crippen MR) is 106 cm³/mol. The quantitative estimate of drug-likeness (QED) is 0.747. The molecule has 0 saturated carbocycles. The standard InChI is InChI=1S/C19H24Cl2N2O6/c20-15-2-1-13(9-16(15)21)18-14(10-23(19(25)26)5-8-29-18)11-28-12-17(24)22-3-6-27-7-4-22/h1-2,9,14,18H,3-8,10-12H2,(H,25,26)/t14-,18+/m1/s1. The minimum Gasteiger partial charge on any atom is -0.465 e. The van der Waals surface area contributed by atoms with Crippen LogP contribution in [0.5, 0.6) is 0 Å². The molecule has 0 unspecified atom stereocenters. The van der Waals surface area contributed by atoms with Crippen molar-refractivity contribution < 1.29 is 28.9 Å². The van der Waals surface area contributed by atoms with E-state index in [9.17, 15) is 14.7 Å². The molecule has 2 heterocycles. The molecular formula is C19H24Cl2N2O6. The molecule has 2 aliphatic heterocycles. The molecule has 1 aromatic carbocycles. The summed E-state index contributed by atoms with van der Waals surface area (Å²) in [5.41, 5.74) is 0.791. The van der Waals surface area contributed by atoms with E-state index in [-0.39, 0.29) is 44.7 Å². The molecule has 10 heteroatoms. The Morgan fingerprint density at radius 1 is 1.10 bits per heavy atom. The van der Waals surface area contributed by atoms with Gasteiger partial charge in [0, 0.05) is 32.1 Å². The number of hydrogen-bond donors (Lipinski definition) is 1. The van der Waals surface area contributed by atoms with E-state index >= 15 is 0 Å². The first-order valence-corrected chi connectivity index (χ1v) is 10.2. The zero-order valence-electron chi connectivity index (χ0n) is 15.9. The molecule has 0 spiro atoms. The zero-order valence-corrected chi connectivity index (χ0v) is 17.4. The number of benzene rings is 1. The predicted octanol–water partition coefficient (Wildman–Crippen LogP) is 2.54. The van der Waals surface area contributed by atoms with Crippen LogP contribution < -0.4 is 0 Å². The Balaban J connectivity index is 1.67. The molecule has 2 fully saturated rings.